The zero-order chi connectivity index (χ0) is 27.7. The molecule has 0 spiro atoms. The number of nitrogens with zero attached hydrogens (tertiary/aromatic N) is 5. The Bertz CT molecular complexity index is 1450. The molecule has 1 fully saturated rings. The van der Waals surface area contributed by atoms with Crippen molar-refractivity contribution in [2.45, 2.75) is 37.0 Å². The first-order valence-electron chi connectivity index (χ1n) is 11.0. The van der Waals surface area contributed by atoms with Crippen molar-refractivity contribution in [2.75, 3.05) is 18.9 Å². The summed E-state index contributed by atoms with van der Waals surface area (Å²) < 4.78 is 44.3. The van der Waals surface area contributed by atoms with E-state index in [1.165, 1.54) is 29.4 Å². The summed E-state index contributed by atoms with van der Waals surface area (Å²) in [6.45, 7) is -1.14. The van der Waals surface area contributed by atoms with Crippen molar-refractivity contribution in [3.8, 4) is 11.8 Å². The first kappa shape index (κ1) is 26.7. The van der Waals surface area contributed by atoms with Crippen LogP contribution in [0.15, 0.2) is 30.9 Å². The number of benzene rings is 1. The highest BCUT2D eigenvalue weighted by Crippen LogP contribution is 2.41. The molecule has 1 aromatic carbocycles. The number of halogens is 3. The van der Waals surface area contributed by atoms with E-state index < -0.39 is 48.1 Å². The van der Waals surface area contributed by atoms with Gasteiger partial charge >= 0.3 is 12.1 Å². The Morgan fingerprint density at radius 1 is 1.37 bits per heavy atom. The van der Waals surface area contributed by atoms with Crippen LogP contribution in [-0.4, -0.2) is 72.1 Å². The number of fused-ring (bicyclic) bond motifs is 1. The van der Waals surface area contributed by atoms with E-state index in [-0.39, 0.29) is 46.6 Å². The van der Waals surface area contributed by atoms with Gasteiger partial charge in [0.15, 0.2) is 17.2 Å². The second kappa shape index (κ2) is 10.2. The second-order valence-electron chi connectivity index (χ2n) is 8.36. The van der Waals surface area contributed by atoms with Gasteiger partial charge in [-0.1, -0.05) is 17.9 Å². The minimum Gasteiger partial charge on any atom is -0.394 e. The Labute approximate surface area is 211 Å². The van der Waals surface area contributed by atoms with E-state index in [0.717, 1.165) is 6.07 Å². The molecule has 0 radical (unpaired) electrons. The molecular weight excluding hydrogens is 515 g/mol. The van der Waals surface area contributed by atoms with E-state index in [4.69, 9.17) is 10.5 Å². The number of carbonyl (C=O) groups excluding carboxylic acids is 1. The smallest absolute Gasteiger partial charge is 0.394 e. The Balaban J connectivity index is 1.68. The van der Waals surface area contributed by atoms with Gasteiger partial charge in [-0.25, -0.2) is 15.0 Å². The van der Waals surface area contributed by atoms with E-state index in [2.05, 4.69) is 26.8 Å². The molecule has 3 aromatic rings. The fraction of sp³-hybridized carbons (Fsp3) is 0.364. The number of anilines is 1. The highest BCUT2D eigenvalue weighted by molar-refractivity contribution is 5.82. The maximum atomic E-state index is 12.3. The van der Waals surface area contributed by atoms with Crippen LogP contribution >= 0.6 is 0 Å². The van der Waals surface area contributed by atoms with Gasteiger partial charge in [-0.05, 0) is 6.07 Å². The molecule has 1 aliphatic heterocycles. The number of carbonyl (C=O) groups is 1. The van der Waals surface area contributed by atoms with Crippen LogP contribution in [0.3, 0.4) is 0 Å². The molecule has 1 saturated heterocycles. The number of nitro groups is 1. The molecule has 1 amide bonds. The van der Waals surface area contributed by atoms with Crippen LogP contribution in [0.4, 0.5) is 24.7 Å². The van der Waals surface area contributed by atoms with Gasteiger partial charge in [-0.2, -0.15) is 13.2 Å². The van der Waals surface area contributed by atoms with Gasteiger partial charge < -0.3 is 26.0 Å². The summed E-state index contributed by atoms with van der Waals surface area (Å²) in [7, 11) is 0. The highest BCUT2D eigenvalue weighted by atomic mass is 19.4. The maximum Gasteiger partial charge on any atom is 0.471 e. The summed E-state index contributed by atoms with van der Waals surface area (Å²) in [6.07, 6.45) is -4.86. The van der Waals surface area contributed by atoms with E-state index in [1.54, 1.807) is 5.32 Å². The van der Waals surface area contributed by atoms with Crippen molar-refractivity contribution in [3.05, 3.63) is 52.1 Å². The number of rotatable bonds is 6. The molecule has 5 N–H and O–H groups in total. The molecule has 1 aliphatic rings. The number of aromatic nitrogens is 4. The van der Waals surface area contributed by atoms with Crippen LogP contribution in [0.2, 0.25) is 0 Å². The second-order valence-corrected chi connectivity index (χ2v) is 8.36. The lowest BCUT2D eigenvalue weighted by Gasteiger charge is -2.31. The predicted octanol–water partition coefficient (Wildman–Crippen LogP) is 0.384. The number of nitro benzene ring substituents is 1. The summed E-state index contributed by atoms with van der Waals surface area (Å²) in [5.74, 6) is 2.71. The molecule has 2 aromatic heterocycles. The Morgan fingerprint density at radius 3 is 2.79 bits per heavy atom. The predicted molar refractivity (Wildman–Crippen MR) is 123 cm³/mol. The number of nitrogens with two attached hydrogens (primary N) is 1. The number of nitrogens with one attached hydrogen (secondary N) is 1. The Kier molecular flexibility index (Phi) is 7.18. The first-order chi connectivity index (χ1) is 17.9. The number of aliphatic hydroxyl groups excluding tert-OH is 2. The summed E-state index contributed by atoms with van der Waals surface area (Å²) in [4.78, 5) is 34.4. The van der Waals surface area contributed by atoms with Crippen molar-refractivity contribution >= 4 is 28.6 Å². The number of hydrogen-bond acceptors (Lipinski definition) is 10. The standard InChI is InChI=1S/C22H20F3N7O6/c23-22(24,25)20(35)27-5-1-2-12-3-4-13(14(6-12)32(36)37)7-21(8-15(34)16(9-33)38-21)31-11-30-17-18(26)28-10-29-19(17)31/h3-4,6,10-11,15-16,33-34H,5,7-9H2,(H,27,35)(H2,26,28,29)/t15-,16+,21+/m0/s1. The Morgan fingerprint density at radius 2 is 2.13 bits per heavy atom. The molecule has 3 atom stereocenters. The van der Waals surface area contributed by atoms with E-state index in [0.29, 0.717) is 0 Å². The van der Waals surface area contributed by atoms with Gasteiger partial charge in [0, 0.05) is 30.0 Å². The summed E-state index contributed by atoms with van der Waals surface area (Å²) in [5.41, 5.74) is 4.82. The lowest BCUT2D eigenvalue weighted by Crippen LogP contribution is -2.37. The molecule has 3 heterocycles. The van der Waals surface area contributed by atoms with Crippen molar-refractivity contribution in [3.63, 3.8) is 0 Å². The summed E-state index contributed by atoms with van der Waals surface area (Å²) >= 11 is 0. The van der Waals surface area contributed by atoms with Crippen LogP contribution in [-0.2, 0) is 21.7 Å². The topological polar surface area (TPSA) is 192 Å². The SMILES string of the molecule is Nc1ncnc2c1ncn2[C@@]1(Cc2ccc(C#CCNC(=O)C(F)(F)F)cc2[N+](=O)[O-])C[C@H](O)[C@@H](CO)O1. The summed E-state index contributed by atoms with van der Waals surface area (Å²) in [5, 5.41) is 33.7. The average molecular weight is 535 g/mol. The van der Waals surface area contributed by atoms with Gasteiger partial charge in [-0.3, -0.25) is 19.5 Å². The molecular formula is C22H20F3N7O6. The van der Waals surface area contributed by atoms with Gasteiger partial charge in [0.25, 0.3) is 5.69 Å². The molecule has 16 heteroatoms. The number of nitrogen functional groups attached to an aromatic ring is 1. The minimum absolute atomic E-state index is 0.0782. The number of amides is 1. The lowest BCUT2D eigenvalue weighted by atomic mass is 9.95. The fourth-order valence-corrected chi connectivity index (χ4v) is 4.16. The normalized spacial score (nSPS) is 21.2. The molecule has 200 valence electrons. The third-order valence-corrected chi connectivity index (χ3v) is 5.88. The molecule has 38 heavy (non-hydrogen) atoms. The van der Waals surface area contributed by atoms with E-state index in [9.17, 15) is 38.3 Å². The quantitative estimate of drug-likeness (QED) is 0.195. The zero-order valence-corrected chi connectivity index (χ0v) is 19.3. The van der Waals surface area contributed by atoms with E-state index >= 15 is 0 Å². The molecule has 0 aliphatic carbocycles. The molecule has 0 saturated carbocycles. The van der Waals surface area contributed by atoms with Crippen molar-refractivity contribution < 1.29 is 37.8 Å². The number of hydrogen-bond donors (Lipinski definition) is 4. The summed E-state index contributed by atoms with van der Waals surface area (Å²) in [6, 6.07) is 3.93. The maximum absolute atomic E-state index is 12.3. The van der Waals surface area contributed by atoms with Crippen molar-refractivity contribution in [2.24, 2.45) is 0 Å². The van der Waals surface area contributed by atoms with Gasteiger partial charge in [0.2, 0.25) is 0 Å². The van der Waals surface area contributed by atoms with Gasteiger partial charge in [-0.15, -0.1) is 0 Å². The molecule has 0 bridgehead atoms. The van der Waals surface area contributed by atoms with Crippen molar-refractivity contribution in [1.29, 1.82) is 0 Å². The van der Waals surface area contributed by atoms with E-state index in [1.807, 2.05) is 0 Å². The number of alkyl halides is 3. The first-order valence-corrected chi connectivity index (χ1v) is 11.0. The average Bonchev–Trinajstić information content (AvgIpc) is 3.44. The van der Waals surface area contributed by atoms with Crippen LogP contribution < -0.4 is 11.1 Å². The van der Waals surface area contributed by atoms with Crippen LogP contribution in [0.1, 0.15) is 17.5 Å². The van der Waals surface area contributed by atoms with Gasteiger partial charge in [0.05, 0.1) is 30.5 Å². The molecule has 13 nitrogen and oxygen atoms in total. The molecule has 4 rings (SSSR count). The zero-order valence-electron chi connectivity index (χ0n) is 19.3. The molecule has 0 unspecified atom stereocenters. The van der Waals surface area contributed by atoms with Crippen LogP contribution in [0, 0.1) is 22.0 Å². The van der Waals surface area contributed by atoms with Gasteiger partial charge in [0.1, 0.15) is 17.9 Å². The van der Waals surface area contributed by atoms with Crippen molar-refractivity contribution in [1.82, 2.24) is 24.8 Å². The largest absolute Gasteiger partial charge is 0.471 e. The third-order valence-electron chi connectivity index (χ3n) is 5.88. The number of ether oxygens (including phenoxy) is 1. The fourth-order valence-electron chi connectivity index (χ4n) is 4.16. The Hall–Kier alpha value is -4.33. The number of imidazole rings is 1. The minimum atomic E-state index is -5.05. The van der Waals surface area contributed by atoms with Crippen LogP contribution in [0.5, 0.6) is 0 Å². The van der Waals surface area contributed by atoms with Crippen LogP contribution in [0.25, 0.3) is 11.2 Å². The monoisotopic (exact) mass is 535 g/mol. The third kappa shape index (κ3) is 5.20. The highest BCUT2D eigenvalue weighted by Gasteiger charge is 2.49. The lowest BCUT2D eigenvalue weighted by molar-refractivity contribution is -0.385. The number of aliphatic hydroxyl groups is 2.